The number of hydrogen-bond acceptors (Lipinski definition) is 5. The number of benzene rings is 2. The number of thiocarbonyl (C=S) groups is 1. The molecule has 0 spiro atoms. The lowest BCUT2D eigenvalue weighted by Crippen LogP contribution is -2.29. The molecule has 37 heavy (non-hydrogen) atoms. The summed E-state index contributed by atoms with van der Waals surface area (Å²) in [5, 5.41) is 16.4. The second kappa shape index (κ2) is 10.0. The maximum atomic E-state index is 11.5. The van der Waals surface area contributed by atoms with Crippen LogP contribution in [-0.2, 0) is 4.79 Å². The Morgan fingerprint density at radius 1 is 1.11 bits per heavy atom. The van der Waals surface area contributed by atoms with Crippen molar-refractivity contribution in [2.24, 2.45) is 0 Å². The Labute approximate surface area is 222 Å². The molecule has 1 saturated heterocycles. The van der Waals surface area contributed by atoms with E-state index in [-0.39, 0.29) is 17.5 Å². The van der Waals surface area contributed by atoms with Crippen LogP contribution in [0.15, 0.2) is 83.4 Å². The summed E-state index contributed by atoms with van der Waals surface area (Å²) in [5.74, 6) is -0.200. The smallest absolute Gasteiger partial charge is 0.335 e. The molecule has 2 unspecified atom stereocenters. The lowest BCUT2D eigenvalue weighted by molar-refractivity contribution is -0.114. The Kier molecular flexibility index (Phi) is 6.64. The third kappa shape index (κ3) is 4.91. The maximum absolute atomic E-state index is 11.5. The van der Waals surface area contributed by atoms with Crippen LogP contribution in [0.25, 0.3) is 11.3 Å². The van der Waals surface area contributed by atoms with Gasteiger partial charge in [0.25, 0.3) is 0 Å². The number of carbonyl (C=O) groups excluding carboxylic acids is 1. The van der Waals surface area contributed by atoms with Gasteiger partial charge in [-0.1, -0.05) is 17.7 Å². The second-order valence-electron chi connectivity index (χ2n) is 8.43. The molecule has 1 aliphatic rings. The van der Waals surface area contributed by atoms with Crippen molar-refractivity contribution >= 4 is 52.2 Å². The molecule has 2 atom stereocenters. The van der Waals surface area contributed by atoms with Crippen molar-refractivity contribution in [3.05, 3.63) is 101 Å². The Hall–Kier alpha value is -4.21. The minimum atomic E-state index is -1.06. The van der Waals surface area contributed by atoms with Crippen molar-refractivity contribution in [2.75, 3.05) is 10.2 Å². The number of nitrogens with one attached hydrogen (secondary N) is 2. The van der Waals surface area contributed by atoms with Gasteiger partial charge in [-0.3, -0.25) is 9.78 Å². The standard InChI is InChI=1S/C27H21ClN4O4S/c1-15(33)30-17-6-8-18(9-7-17)32-25(24(31-27(32)37)21-4-2-3-13-29-21)23-12-11-22(36-23)19-14-16(26(34)35)5-10-20(19)28/h2-14,24-25H,1H3,(H,30,33)(H,31,37)(H,34,35). The molecule has 10 heteroatoms. The number of halogens is 1. The molecule has 1 amide bonds. The molecule has 8 nitrogen and oxygen atoms in total. The Bertz CT molecular complexity index is 1490. The van der Waals surface area contributed by atoms with Gasteiger partial charge in [-0.15, -0.1) is 0 Å². The summed E-state index contributed by atoms with van der Waals surface area (Å²) in [6, 6.07) is 20.3. The van der Waals surface area contributed by atoms with Crippen molar-refractivity contribution < 1.29 is 19.1 Å². The van der Waals surface area contributed by atoms with Gasteiger partial charge in [0.05, 0.1) is 22.3 Å². The summed E-state index contributed by atoms with van der Waals surface area (Å²) in [6.07, 6.45) is 1.72. The van der Waals surface area contributed by atoms with E-state index in [1.54, 1.807) is 24.4 Å². The molecule has 1 fully saturated rings. The molecule has 2 aromatic carbocycles. The van der Waals surface area contributed by atoms with Crippen LogP contribution >= 0.6 is 23.8 Å². The predicted molar refractivity (Wildman–Crippen MR) is 145 cm³/mol. The van der Waals surface area contributed by atoms with Gasteiger partial charge in [0, 0.05) is 30.1 Å². The quantitative estimate of drug-likeness (QED) is 0.266. The minimum absolute atomic E-state index is 0.105. The Morgan fingerprint density at radius 2 is 1.89 bits per heavy atom. The Balaban J connectivity index is 1.57. The normalized spacial score (nSPS) is 16.9. The summed E-state index contributed by atoms with van der Waals surface area (Å²) in [7, 11) is 0. The van der Waals surface area contributed by atoms with Gasteiger partial charge in [-0.25, -0.2) is 4.79 Å². The van der Waals surface area contributed by atoms with Crippen molar-refractivity contribution in [2.45, 2.75) is 19.0 Å². The SMILES string of the molecule is CC(=O)Nc1ccc(N2C(=S)NC(c3ccccn3)C2c2ccc(-c3cc(C(=O)O)ccc3Cl)o2)cc1. The van der Waals surface area contributed by atoms with Crippen LogP contribution in [0.4, 0.5) is 11.4 Å². The molecule has 3 N–H and O–H groups in total. The van der Waals surface area contributed by atoms with E-state index in [4.69, 9.17) is 28.2 Å². The molecule has 0 bridgehead atoms. The average Bonchev–Trinajstić information content (AvgIpc) is 3.49. The molecule has 3 heterocycles. The third-order valence-corrected chi connectivity index (χ3v) is 6.61. The molecular formula is C27H21ClN4O4S. The first-order valence-corrected chi connectivity index (χ1v) is 12.1. The predicted octanol–water partition coefficient (Wildman–Crippen LogP) is 5.83. The average molecular weight is 533 g/mol. The number of anilines is 2. The first-order chi connectivity index (χ1) is 17.8. The van der Waals surface area contributed by atoms with E-state index in [1.165, 1.54) is 25.1 Å². The minimum Gasteiger partial charge on any atom is -0.478 e. The number of nitrogens with zero attached hydrogens (tertiary/aromatic N) is 2. The monoisotopic (exact) mass is 532 g/mol. The summed E-state index contributed by atoms with van der Waals surface area (Å²) < 4.78 is 6.29. The number of rotatable bonds is 6. The topological polar surface area (TPSA) is 108 Å². The van der Waals surface area contributed by atoms with E-state index in [0.29, 0.717) is 32.9 Å². The lowest BCUT2D eigenvalue weighted by Gasteiger charge is -2.26. The van der Waals surface area contributed by atoms with E-state index in [2.05, 4.69) is 15.6 Å². The van der Waals surface area contributed by atoms with Crippen LogP contribution in [0.5, 0.6) is 0 Å². The number of aromatic carboxylic acids is 1. The number of carbonyl (C=O) groups is 2. The number of furan rings is 1. The highest BCUT2D eigenvalue weighted by molar-refractivity contribution is 7.80. The molecule has 186 valence electrons. The number of carboxylic acid groups (broad SMARTS) is 1. The van der Waals surface area contributed by atoms with E-state index in [0.717, 1.165) is 11.4 Å². The van der Waals surface area contributed by atoms with E-state index >= 15 is 0 Å². The molecule has 1 aliphatic heterocycles. The van der Waals surface area contributed by atoms with Gasteiger partial charge < -0.3 is 25.1 Å². The van der Waals surface area contributed by atoms with Crippen molar-refractivity contribution in [1.82, 2.24) is 10.3 Å². The highest BCUT2D eigenvalue weighted by Crippen LogP contribution is 2.43. The van der Waals surface area contributed by atoms with Gasteiger partial charge in [-0.05, 0) is 78.9 Å². The number of amides is 1. The van der Waals surface area contributed by atoms with Crippen LogP contribution in [0.1, 0.15) is 40.8 Å². The summed E-state index contributed by atoms with van der Waals surface area (Å²) >= 11 is 12.1. The molecule has 5 rings (SSSR count). The third-order valence-electron chi connectivity index (χ3n) is 5.96. The fraction of sp³-hybridized carbons (Fsp3) is 0.111. The highest BCUT2D eigenvalue weighted by atomic mass is 35.5. The first-order valence-electron chi connectivity index (χ1n) is 11.3. The van der Waals surface area contributed by atoms with E-state index in [1.807, 2.05) is 41.3 Å². The molecule has 0 saturated carbocycles. The first kappa shape index (κ1) is 24.5. The molecule has 2 aromatic heterocycles. The van der Waals surface area contributed by atoms with Crippen LogP contribution in [0.2, 0.25) is 5.02 Å². The summed E-state index contributed by atoms with van der Waals surface area (Å²) in [6.45, 7) is 1.45. The van der Waals surface area contributed by atoms with E-state index in [9.17, 15) is 14.7 Å². The Morgan fingerprint density at radius 3 is 2.57 bits per heavy atom. The number of carboxylic acids is 1. The van der Waals surface area contributed by atoms with Gasteiger partial charge in [0.2, 0.25) is 5.91 Å². The van der Waals surface area contributed by atoms with E-state index < -0.39 is 12.0 Å². The van der Waals surface area contributed by atoms with Gasteiger partial charge >= 0.3 is 5.97 Å². The zero-order valence-corrected chi connectivity index (χ0v) is 21.1. The molecular weight excluding hydrogens is 512 g/mol. The zero-order chi connectivity index (χ0) is 26.1. The van der Waals surface area contributed by atoms with Crippen molar-refractivity contribution in [1.29, 1.82) is 0 Å². The van der Waals surface area contributed by atoms with Gasteiger partial charge in [-0.2, -0.15) is 0 Å². The second-order valence-corrected chi connectivity index (χ2v) is 9.22. The van der Waals surface area contributed by atoms with Crippen LogP contribution in [0.3, 0.4) is 0 Å². The number of pyridine rings is 1. The largest absolute Gasteiger partial charge is 0.478 e. The molecule has 0 aliphatic carbocycles. The highest BCUT2D eigenvalue weighted by Gasteiger charge is 2.42. The zero-order valence-electron chi connectivity index (χ0n) is 19.5. The molecule has 0 radical (unpaired) electrons. The van der Waals surface area contributed by atoms with Gasteiger partial charge in [0.1, 0.15) is 17.6 Å². The van der Waals surface area contributed by atoms with Crippen LogP contribution < -0.4 is 15.5 Å². The van der Waals surface area contributed by atoms with Crippen molar-refractivity contribution in [3.63, 3.8) is 0 Å². The summed E-state index contributed by atoms with van der Waals surface area (Å²) in [4.78, 5) is 29.4. The lowest BCUT2D eigenvalue weighted by atomic mass is 10.0. The van der Waals surface area contributed by atoms with Crippen LogP contribution in [0, 0.1) is 0 Å². The van der Waals surface area contributed by atoms with Crippen LogP contribution in [-0.4, -0.2) is 27.1 Å². The molecule has 4 aromatic rings. The number of aromatic nitrogens is 1. The van der Waals surface area contributed by atoms with Gasteiger partial charge in [0.15, 0.2) is 5.11 Å². The maximum Gasteiger partial charge on any atom is 0.335 e. The summed E-state index contributed by atoms with van der Waals surface area (Å²) in [5.41, 5.74) is 2.81. The van der Waals surface area contributed by atoms with Crippen molar-refractivity contribution in [3.8, 4) is 11.3 Å². The fourth-order valence-electron chi connectivity index (χ4n) is 4.33. The number of hydrogen-bond donors (Lipinski definition) is 3. The fourth-order valence-corrected chi connectivity index (χ4v) is 4.89.